The third-order valence-electron chi connectivity index (χ3n) is 4.23. The molecule has 2 aromatic carbocycles. The van der Waals surface area contributed by atoms with Crippen molar-refractivity contribution in [1.29, 1.82) is 0 Å². The standard InChI is InChI=1S/C21H30N4O3S/c1-15(2)14-28-19-10-8-18(9-11-19)16(3)25-21(23-4)24-13-17-6-5-7-20(12-17)29(22,26)27/h5-12,15-16H,13-14H2,1-4H3,(H2,22,26,27)(H2,23,24,25). The Kier molecular flexibility index (Phi) is 8.04. The summed E-state index contributed by atoms with van der Waals surface area (Å²) in [6.45, 7) is 7.38. The molecule has 0 aliphatic carbocycles. The van der Waals surface area contributed by atoms with Crippen LogP contribution in [-0.4, -0.2) is 28.0 Å². The molecule has 0 spiro atoms. The fraction of sp³-hybridized carbons (Fsp3) is 0.381. The molecule has 2 rings (SSSR count). The van der Waals surface area contributed by atoms with Gasteiger partial charge in [-0.3, -0.25) is 4.99 Å². The second-order valence-electron chi connectivity index (χ2n) is 7.26. The molecule has 7 nitrogen and oxygen atoms in total. The zero-order valence-corrected chi connectivity index (χ0v) is 18.2. The summed E-state index contributed by atoms with van der Waals surface area (Å²) in [5, 5.41) is 11.7. The molecule has 158 valence electrons. The third-order valence-corrected chi connectivity index (χ3v) is 5.14. The van der Waals surface area contributed by atoms with Gasteiger partial charge in [0.2, 0.25) is 10.0 Å². The highest BCUT2D eigenvalue weighted by Gasteiger charge is 2.10. The highest BCUT2D eigenvalue weighted by atomic mass is 32.2. The maximum absolute atomic E-state index is 11.5. The van der Waals surface area contributed by atoms with Gasteiger partial charge in [-0.25, -0.2) is 13.6 Å². The van der Waals surface area contributed by atoms with Crippen molar-refractivity contribution in [3.63, 3.8) is 0 Å². The van der Waals surface area contributed by atoms with E-state index in [1.807, 2.05) is 37.3 Å². The molecule has 0 aliphatic rings. The van der Waals surface area contributed by atoms with E-state index in [0.717, 1.165) is 16.9 Å². The first-order valence-corrected chi connectivity index (χ1v) is 11.1. The normalized spacial score (nSPS) is 13.2. The van der Waals surface area contributed by atoms with E-state index in [9.17, 15) is 8.42 Å². The number of hydrogen-bond donors (Lipinski definition) is 3. The van der Waals surface area contributed by atoms with Gasteiger partial charge in [0, 0.05) is 13.6 Å². The number of nitrogens with one attached hydrogen (secondary N) is 2. The van der Waals surface area contributed by atoms with Gasteiger partial charge in [0.25, 0.3) is 0 Å². The molecule has 0 aliphatic heterocycles. The van der Waals surface area contributed by atoms with E-state index in [4.69, 9.17) is 9.88 Å². The minimum atomic E-state index is -3.72. The van der Waals surface area contributed by atoms with Gasteiger partial charge in [-0.1, -0.05) is 38.1 Å². The average molecular weight is 419 g/mol. The van der Waals surface area contributed by atoms with Crippen molar-refractivity contribution in [1.82, 2.24) is 10.6 Å². The second-order valence-corrected chi connectivity index (χ2v) is 8.82. The van der Waals surface area contributed by atoms with Crippen LogP contribution in [0.1, 0.15) is 37.9 Å². The molecular formula is C21H30N4O3S. The van der Waals surface area contributed by atoms with Crippen molar-refractivity contribution >= 4 is 16.0 Å². The van der Waals surface area contributed by atoms with E-state index in [2.05, 4.69) is 29.5 Å². The predicted octanol–water partition coefficient (Wildman–Crippen LogP) is 2.80. The van der Waals surface area contributed by atoms with Gasteiger partial charge in [-0.05, 0) is 48.2 Å². The van der Waals surface area contributed by atoms with Crippen molar-refractivity contribution < 1.29 is 13.2 Å². The largest absolute Gasteiger partial charge is 0.493 e. The van der Waals surface area contributed by atoms with E-state index in [1.165, 1.54) is 6.07 Å². The minimum Gasteiger partial charge on any atom is -0.493 e. The summed E-state index contributed by atoms with van der Waals surface area (Å²) in [5.41, 5.74) is 1.89. The van der Waals surface area contributed by atoms with Crippen molar-refractivity contribution in [2.75, 3.05) is 13.7 Å². The van der Waals surface area contributed by atoms with Gasteiger partial charge in [0.05, 0.1) is 17.5 Å². The van der Waals surface area contributed by atoms with Gasteiger partial charge in [-0.15, -0.1) is 0 Å². The van der Waals surface area contributed by atoms with E-state index in [-0.39, 0.29) is 10.9 Å². The number of sulfonamides is 1. The highest BCUT2D eigenvalue weighted by molar-refractivity contribution is 7.89. The van der Waals surface area contributed by atoms with Crippen LogP contribution in [0.5, 0.6) is 5.75 Å². The third kappa shape index (κ3) is 7.40. The molecule has 0 fully saturated rings. The number of hydrogen-bond acceptors (Lipinski definition) is 4. The van der Waals surface area contributed by atoms with Crippen molar-refractivity contribution in [2.24, 2.45) is 16.0 Å². The van der Waals surface area contributed by atoms with E-state index in [1.54, 1.807) is 19.2 Å². The SMILES string of the molecule is CN=C(NCc1cccc(S(N)(=O)=O)c1)NC(C)c1ccc(OCC(C)C)cc1. The Hall–Kier alpha value is -2.58. The van der Waals surface area contributed by atoms with Gasteiger partial charge >= 0.3 is 0 Å². The summed E-state index contributed by atoms with van der Waals surface area (Å²) in [4.78, 5) is 4.32. The topological polar surface area (TPSA) is 106 Å². The first-order valence-electron chi connectivity index (χ1n) is 9.50. The number of rotatable bonds is 8. The van der Waals surface area contributed by atoms with Crippen LogP contribution in [0, 0.1) is 5.92 Å². The Bertz CT molecular complexity index is 925. The van der Waals surface area contributed by atoms with Crippen molar-refractivity contribution in [3.05, 3.63) is 59.7 Å². The number of guanidine groups is 1. The Morgan fingerprint density at radius 2 is 1.83 bits per heavy atom. The molecule has 0 heterocycles. The van der Waals surface area contributed by atoms with Crippen LogP contribution in [0.4, 0.5) is 0 Å². The summed E-state index contributed by atoms with van der Waals surface area (Å²) >= 11 is 0. The van der Waals surface area contributed by atoms with Crippen LogP contribution in [-0.2, 0) is 16.6 Å². The number of aliphatic imine (C=N–C) groups is 1. The maximum Gasteiger partial charge on any atom is 0.238 e. The van der Waals surface area contributed by atoms with Crippen LogP contribution in [0.2, 0.25) is 0 Å². The van der Waals surface area contributed by atoms with Gasteiger partial charge in [0.1, 0.15) is 5.75 Å². The lowest BCUT2D eigenvalue weighted by Gasteiger charge is -2.19. The average Bonchev–Trinajstić information content (AvgIpc) is 2.69. The van der Waals surface area contributed by atoms with E-state index < -0.39 is 10.0 Å². The molecule has 0 bridgehead atoms. The molecule has 1 unspecified atom stereocenters. The smallest absolute Gasteiger partial charge is 0.238 e. The Labute approximate surface area is 173 Å². The van der Waals surface area contributed by atoms with E-state index >= 15 is 0 Å². The zero-order chi connectivity index (χ0) is 21.4. The van der Waals surface area contributed by atoms with Gasteiger partial charge in [-0.2, -0.15) is 0 Å². The molecule has 4 N–H and O–H groups in total. The van der Waals surface area contributed by atoms with Crippen LogP contribution in [0.3, 0.4) is 0 Å². The van der Waals surface area contributed by atoms with Crippen LogP contribution < -0.4 is 20.5 Å². The first-order chi connectivity index (χ1) is 13.7. The lowest BCUT2D eigenvalue weighted by molar-refractivity contribution is 0.271. The van der Waals surface area contributed by atoms with Crippen molar-refractivity contribution in [3.8, 4) is 5.75 Å². The molecular weight excluding hydrogens is 388 g/mol. The molecule has 0 amide bonds. The molecule has 0 saturated heterocycles. The number of primary sulfonamides is 1. The molecule has 8 heteroatoms. The highest BCUT2D eigenvalue weighted by Crippen LogP contribution is 2.18. The Morgan fingerprint density at radius 1 is 1.14 bits per heavy atom. The maximum atomic E-state index is 11.5. The molecule has 0 saturated carbocycles. The van der Waals surface area contributed by atoms with Gasteiger partial charge < -0.3 is 15.4 Å². The fourth-order valence-electron chi connectivity index (χ4n) is 2.62. The minimum absolute atomic E-state index is 0.0242. The molecule has 2 aromatic rings. The lowest BCUT2D eigenvalue weighted by atomic mass is 10.1. The van der Waals surface area contributed by atoms with E-state index in [0.29, 0.717) is 25.0 Å². The van der Waals surface area contributed by atoms with Crippen LogP contribution in [0.25, 0.3) is 0 Å². The van der Waals surface area contributed by atoms with Crippen molar-refractivity contribution in [2.45, 2.75) is 38.3 Å². The molecule has 0 radical (unpaired) electrons. The number of nitrogens with zero attached hydrogens (tertiary/aromatic N) is 1. The van der Waals surface area contributed by atoms with Crippen LogP contribution >= 0.6 is 0 Å². The zero-order valence-electron chi connectivity index (χ0n) is 17.3. The second kappa shape index (κ2) is 10.3. The Morgan fingerprint density at radius 3 is 2.41 bits per heavy atom. The van der Waals surface area contributed by atoms with Gasteiger partial charge in [0.15, 0.2) is 5.96 Å². The summed E-state index contributed by atoms with van der Waals surface area (Å²) in [5.74, 6) is 1.95. The number of benzene rings is 2. The number of ether oxygens (including phenoxy) is 1. The predicted molar refractivity (Wildman–Crippen MR) is 116 cm³/mol. The Balaban J connectivity index is 1.94. The molecule has 1 atom stereocenters. The lowest BCUT2D eigenvalue weighted by Crippen LogP contribution is -2.38. The molecule has 29 heavy (non-hydrogen) atoms. The monoisotopic (exact) mass is 418 g/mol. The summed E-state index contributed by atoms with van der Waals surface area (Å²) in [6, 6.07) is 14.5. The van der Waals surface area contributed by atoms with Crippen LogP contribution in [0.15, 0.2) is 58.4 Å². The molecule has 0 aromatic heterocycles. The summed E-state index contributed by atoms with van der Waals surface area (Å²) in [6.07, 6.45) is 0. The quantitative estimate of drug-likeness (QED) is 0.451. The number of nitrogens with two attached hydrogens (primary N) is 1. The summed E-state index contributed by atoms with van der Waals surface area (Å²) < 4.78 is 28.7. The summed E-state index contributed by atoms with van der Waals surface area (Å²) in [7, 11) is -2.03. The first kappa shape index (κ1) is 22.7. The fourth-order valence-corrected chi connectivity index (χ4v) is 3.20.